The Hall–Kier alpha value is -1.73. The monoisotopic (exact) mass is 441 g/mol. The van der Waals surface area contributed by atoms with E-state index in [1.54, 1.807) is 0 Å². The van der Waals surface area contributed by atoms with Gasteiger partial charge in [0.2, 0.25) is 0 Å². The number of hydrogen-bond donors (Lipinski definition) is 1. The van der Waals surface area contributed by atoms with Gasteiger partial charge in [-0.1, -0.05) is 36.8 Å². The molecule has 1 aliphatic rings. The number of aromatic nitrogens is 3. The minimum atomic E-state index is -2.65. The van der Waals surface area contributed by atoms with Gasteiger partial charge in [0.15, 0.2) is 10.0 Å². The Labute approximate surface area is 174 Å². The van der Waals surface area contributed by atoms with Crippen LogP contribution in [-0.4, -0.2) is 20.1 Å². The number of hydrogen-bond acceptors (Lipinski definition) is 6. The SMILES string of the molecule is CC.Cc1cc(-c2nnc(C(F)F)s2)n2cc(SNC3(C#N)CC3)cc(Cl)c12. The molecule has 1 N–H and O–H groups in total. The van der Waals surface area contributed by atoms with Crippen molar-refractivity contribution in [2.24, 2.45) is 0 Å². The largest absolute Gasteiger partial charge is 0.311 e. The van der Waals surface area contributed by atoms with Gasteiger partial charge in [0.05, 0.1) is 22.3 Å². The third-order valence-electron chi connectivity index (χ3n) is 4.15. The zero-order valence-electron chi connectivity index (χ0n) is 15.5. The quantitative estimate of drug-likeness (QED) is 0.489. The average molecular weight is 442 g/mol. The van der Waals surface area contributed by atoms with Gasteiger partial charge in [0.1, 0.15) is 5.54 Å². The van der Waals surface area contributed by atoms with E-state index in [0.717, 1.165) is 40.2 Å². The molecule has 0 aliphatic heterocycles. The van der Waals surface area contributed by atoms with Gasteiger partial charge in [-0.3, -0.25) is 0 Å². The zero-order valence-corrected chi connectivity index (χ0v) is 17.9. The molecule has 3 aromatic heterocycles. The van der Waals surface area contributed by atoms with Crippen molar-refractivity contribution < 1.29 is 8.78 Å². The molecule has 0 spiro atoms. The Balaban J connectivity index is 0.00000109. The van der Waals surface area contributed by atoms with Gasteiger partial charge >= 0.3 is 0 Å². The van der Waals surface area contributed by atoms with Crippen LogP contribution < -0.4 is 4.72 Å². The first-order valence-electron chi connectivity index (χ1n) is 8.71. The summed E-state index contributed by atoms with van der Waals surface area (Å²) in [7, 11) is 0. The maximum atomic E-state index is 12.8. The molecule has 1 aliphatic carbocycles. The van der Waals surface area contributed by atoms with Crippen LogP contribution >= 0.6 is 34.9 Å². The van der Waals surface area contributed by atoms with Crippen LogP contribution in [0.5, 0.6) is 0 Å². The van der Waals surface area contributed by atoms with Crippen molar-refractivity contribution in [3.05, 3.63) is 33.9 Å². The Bertz CT molecular complexity index is 1040. The van der Waals surface area contributed by atoms with Crippen LogP contribution in [0.4, 0.5) is 8.78 Å². The van der Waals surface area contributed by atoms with Crippen LogP contribution in [0.2, 0.25) is 5.02 Å². The highest BCUT2D eigenvalue weighted by molar-refractivity contribution is 7.97. The number of rotatable bonds is 5. The van der Waals surface area contributed by atoms with Crippen LogP contribution in [0.25, 0.3) is 16.2 Å². The number of nitrogens with one attached hydrogen (secondary N) is 1. The summed E-state index contributed by atoms with van der Waals surface area (Å²) >= 11 is 8.64. The van der Waals surface area contributed by atoms with Crippen LogP contribution in [0.15, 0.2) is 23.2 Å². The molecule has 28 heavy (non-hydrogen) atoms. The van der Waals surface area contributed by atoms with Gasteiger partial charge in [-0.05, 0) is 49.4 Å². The minimum absolute atomic E-state index is 0.310. The summed E-state index contributed by atoms with van der Waals surface area (Å²) in [5.41, 5.74) is 1.90. The molecule has 5 nitrogen and oxygen atoms in total. The third kappa shape index (κ3) is 4.01. The topological polar surface area (TPSA) is 66.0 Å². The molecule has 0 amide bonds. The summed E-state index contributed by atoms with van der Waals surface area (Å²) in [5, 5.41) is 17.3. The summed E-state index contributed by atoms with van der Waals surface area (Å²) in [6, 6.07) is 5.95. The van der Waals surface area contributed by atoms with Gasteiger partial charge in [-0.25, -0.2) is 13.5 Å². The molecule has 0 atom stereocenters. The summed E-state index contributed by atoms with van der Waals surface area (Å²) in [6.07, 6.45) is 0.856. The lowest BCUT2D eigenvalue weighted by Gasteiger charge is -2.10. The minimum Gasteiger partial charge on any atom is -0.311 e. The maximum absolute atomic E-state index is 12.8. The van der Waals surface area contributed by atoms with Crippen molar-refractivity contribution in [1.29, 1.82) is 5.26 Å². The first-order valence-corrected chi connectivity index (χ1v) is 10.7. The van der Waals surface area contributed by atoms with Crippen molar-refractivity contribution in [1.82, 2.24) is 19.3 Å². The van der Waals surface area contributed by atoms with E-state index in [1.165, 1.54) is 11.9 Å². The van der Waals surface area contributed by atoms with E-state index in [2.05, 4.69) is 21.0 Å². The number of halogens is 3. The van der Waals surface area contributed by atoms with Gasteiger partial charge in [0.25, 0.3) is 6.43 Å². The second-order valence-corrected chi connectivity index (χ2v) is 8.40. The first kappa shape index (κ1) is 21.0. The summed E-state index contributed by atoms with van der Waals surface area (Å²) in [5.74, 6) is 0. The highest BCUT2D eigenvalue weighted by Crippen LogP contribution is 2.39. The summed E-state index contributed by atoms with van der Waals surface area (Å²) in [4.78, 5) is 0.819. The molecule has 3 aromatic rings. The second kappa shape index (κ2) is 8.33. The Kier molecular flexibility index (Phi) is 6.25. The first-order chi connectivity index (χ1) is 13.4. The molecule has 10 heteroatoms. The number of fused-ring (bicyclic) bond motifs is 1. The fourth-order valence-corrected chi connectivity index (χ4v) is 4.65. The van der Waals surface area contributed by atoms with Crippen LogP contribution in [-0.2, 0) is 0 Å². The van der Waals surface area contributed by atoms with Crippen molar-refractivity contribution in [3.63, 3.8) is 0 Å². The molecule has 0 saturated heterocycles. The van der Waals surface area contributed by atoms with Crippen LogP contribution in [0.1, 0.15) is 43.7 Å². The maximum Gasteiger partial charge on any atom is 0.291 e. The molecule has 4 rings (SSSR count). The van der Waals surface area contributed by atoms with E-state index in [-0.39, 0.29) is 5.01 Å². The van der Waals surface area contributed by atoms with Crippen molar-refractivity contribution >= 4 is 40.4 Å². The lowest BCUT2D eigenvalue weighted by atomic mass is 10.3. The number of nitrogens with zero attached hydrogens (tertiary/aromatic N) is 4. The Morgan fingerprint density at radius 1 is 1.36 bits per heavy atom. The number of alkyl halides is 2. The normalized spacial score (nSPS) is 14.6. The molecular formula is C18H18ClF2N5S2. The number of pyridine rings is 1. The van der Waals surface area contributed by atoms with E-state index in [1.807, 2.05) is 43.5 Å². The third-order valence-corrected chi connectivity index (χ3v) is 6.35. The Morgan fingerprint density at radius 3 is 2.64 bits per heavy atom. The van der Waals surface area contributed by atoms with E-state index in [9.17, 15) is 14.0 Å². The van der Waals surface area contributed by atoms with E-state index in [0.29, 0.717) is 15.7 Å². The Morgan fingerprint density at radius 2 is 2.07 bits per heavy atom. The van der Waals surface area contributed by atoms with Gasteiger partial charge in [-0.2, -0.15) is 5.26 Å². The zero-order chi connectivity index (χ0) is 20.5. The molecule has 0 unspecified atom stereocenters. The molecular weight excluding hydrogens is 424 g/mol. The average Bonchev–Trinajstić information content (AvgIpc) is 3.15. The fourth-order valence-electron chi connectivity index (χ4n) is 2.61. The lowest BCUT2D eigenvalue weighted by Crippen LogP contribution is -2.22. The molecule has 0 bridgehead atoms. The van der Waals surface area contributed by atoms with E-state index < -0.39 is 12.0 Å². The predicted molar refractivity (Wildman–Crippen MR) is 109 cm³/mol. The summed E-state index contributed by atoms with van der Waals surface area (Å²) in [6.45, 7) is 5.90. The predicted octanol–water partition coefficient (Wildman–Crippen LogP) is 6.04. The molecule has 3 heterocycles. The van der Waals surface area contributed by atoms with Gasteiger partial charge in [0, 0.05) is 11.1 Å². The molecule has 0 aromatic carbocycles. The van der Waals surface area contributed by atoms with Gasteiger partial charge in [-0.15, -0.1) is 10.2 Å². The molecule has 1 saturated carbocycles. The fraction of sp³-hybridized carbons (Fsp3) is 0.389. The number of nitriles is 1. The van der Waals surface area contributed by atoms with Crippen LogP contribution in [0, 0.1) is 18.3 Å². The summed E-state index contributed by atoms with van der Waals surface area (Å²) < 4.78 is 30.7. The van der Waals surface area contributed by atoms with Gasteiger partial charge < -0.3 is 4.40 Å². The number of aryl methyl sites for hydroxylation is 1. The van der Waals surface area contributed by atoms with E-state index in [4.69, 9.17) is 11.6 Å². The van der Waals surface area contributed by atoms with E-state index >= 15 is 0 Å². The van der Waals surface area contributed by atoms with Crippen LogP contribution in [0.3, 0.4) is 0 Å². The second-order valence-electron chi connectivity index (χ2n) is 6.10. The highest BCUT2D eigenvalue weighted by atomic mass is 35.5. The molecule has 1 fully saturated rings. The lowest BCUT2D eigenvalue weighted by molar-refractivity contribution is 0.150. The highest BCUT2D eigenvalue weighted by Gasteiger charge is 2.43. The van der Waals surface area contributed by atoms with Crippen molar-refractivity contribution in [2.45, 2.75) is 50.5 Å². The standard InChI is InChI=1S/C16H12ClF2N5S2.C2H6/c1-8-4-11(14-21-22-15(25-14)13(18)19)24-6-9(5-10(17)12(8)24)26-23-16(7-20)2-3-16;1-2/h4-6,13,23H,2-3H2,1H3;1-2H3. The molecule has 148 valence electrons. The van der Waals surface area contributed by atoms with Crippen molar-refractivity contribution in [3.8, 4) is 16.8 Å². The smallest absolute Gasteiger partial charge is 0.291 e. The molecule has 0 radical (unpaired) electrons. The van der Waals surface area contributed by atoms with Crippen molar-refractivity contribution in [2.75, 3.05) is 0 Å².